The number of amidine groups is 1. The Labute approximate surface area is 299 Å². The number of unbranched alkanes of at least 4 members (excludes halogenated alkanes) is 1. The van der Waals surface area contributed by atoms with Crippen molar-refractivity contribution in [3.63, 3.8) is 0 Å². The predicted molar refractivity (Wildman–Crippen MR) is 202 cm³/mol. The molecule has 1 aromatic heterocycles. The van der Waals surface area contributed by atoms with Crippen molar-refractivity contribution < 1.29 is 4.79 Å². The molecular formula is C44H42N6O. The Bertz CT molecular complexity index is 2010. The van der Waals surface area contributed by atoms with E-state index in [1.54, 1.807) is 0 Å². The van der Waals surface area contributed by atoms with Gasteiger partial charge in [-0.05, 0) is 57.9 Å². The number of aliphatic imine (C=N–C) groups is 1. The minimum atomic E-state index is -0.777. The molecule has 8 rings (SSSR count). The van der Waals surface area contributed by atoms with Crippen molar-refractivity contribution in [3.8, 4) is 22.5 Å². The van der Waals surface area contributed by atoms with E-state index in [1.807, 2.05) is 18.2 Å². The van der Waals surface area contributed by atoms with Gasteiger partial charge in [0.1, 0.15) is 11.4 Å². The Morgan fingerprint density at radius 2 is 1.27 bits per heavy atom. The van der Waals surface area contributed by atoms with Crippen LogP contribution < -0.4 is 0 Å². The summed E-state index contributed by atoms with van der Waals surface area (Å²) in [6.07, 6.45) is 6.37. The highest BCUT2D eigenvalue weighted by atomic mass is 16.2. The van der Waals surface area contributed by atoms with Gasteiger partial charge >= 0.3 is 0 Å². The van der Waals surface area contributed by atoms with Gasteiger partial charge < -0.3 is 0 Å². The summed E-state index contributed by atoms with van der Waals surface area (Å²) in [6, 6.07) is 48.6. The van der Waals surface area contributed by atoms with E-state index in [-0.39, 0.29) is 5.91 Å². The topological polar surface area (TPSA) is 87.1 Å². The Kier molecular flexibility index (Phi) is 8.86. The minimum absolute atomic E-state index is 0.134. The Morgan fingerprint density at radius 3 is 1.80 bits per heavy atom. The molecule has 1 fully saturated rings. The summed E-state index contributed by atoms with van der Waals surface area (Å²) in [4.78, 5) is 22.9. The van der Waals surface area contributed by atoms with Crippen LogP contribution in [0.15, 0.2) is 145 Å². The first-order valence-corrected chi connectivity index (χ1v) is 18.2. The Morgan fingerprint density at radius 1 is 0.725 bits per heavy atom. The number of rotatable bonds is 11. The van der Waals surface area contributed by atoms with Crippen LogP contribution in [0.4, 0.5) is 0 Å². The van der Waals surface area contributed by atoms with Gasteiger partial charge in [-0.3, -0.25) is 14.7 Å². The highest BCUT2D eigenvalue weighted by molar-refractivity contribution is 6.09. The quantitative estimate of drug-likeness (QED) is 0.139. The minimum Gasteiger partial charge on any atom is -0.289 e. The third-order valence-corrected chi connectivity index (χ3v) is 10.8. The Balaban J connectivity index is 1.40. The first-order chi connectivity index (χ1) is 25.2. The molecule has 1 aliphatic carbocycles. The summed E-state index contributed by atoms with van der Waals surface area (Å²) in [5.74, 6) is 1.59. The molecule has 6 aromatic rings. The van der Waals surface area contributed by atoms with Gasteiger partial charge in [0.15, 0.2) is 0 Å². The van der Waals surface area contributed by atoms with E-state index in [4.69, 9.17) is 4.99 Å². The average Bonchev–Trinajstić information content (AvgIpc) is 3.97. The molecule has 0 bridgehead atoms. The van der Waals surface area contributed by atoms with Crippen LogP contribution in [0.1, 0.15) is 80.2 Å². The molecule has 1 spiro atoms. The number of aromatic nitrogens is 4. The second-order valence-electron chi connectivity index (χ2n) is 13.8. The molecule has 1 aliphatic heterocycles. The number of hydrogen-bond donors (Lipinski definition) is 1. The third kappa shape index (κ3) is 5.67. The zero-order valence-electron chi connectivity index (χ0n) is 29.0. The monoisotopic (exact) mass is 670 g/mol. The molecule has 1 N–H and O–H groups in total. The normalized spacial score (nSPS) is 16.1. The van der Waals surface area contributed by atoms with E-state index in [1.165, 1.54) is 0 Å². The standard InChI is InChI=1S/C44H42N6O/c1-2-3-25-39-45-43(30-15-16-31-43)42(51)50(39)40(33-28-26-32(27-29-33)37-23-13-14-24-38(37)41-46-48-49-47-41)44(34-17-7-4-8-18-34,35-19-9-5-10-20-35)36-21-11-6-12-22-36/h4-14,17-24,26-29,40H,2-3,15-16,25,30-31H2,1H3,(H,46,47,48,49)/t40-/m1/s1. The van der Waals surface area contributed by atoms with Crippen molar-refractivity contribution in [3.05, 3.63) is 162 Å². The van der Waals surface area contributed by atoms with Gasteiger partial charge in [-0.25, -0.2) is 0 Å². The van der Waals surface area contributed by atoms with Gasteiger partial charge in [-0.2, -0.15) is 5.21 Å². The van der Waals surface area contributed by atoms with E-state index in [9.17, 15) is 0 Å². The number of benzene rings is 5. The molecule has 7 heteroatoms. The summed E-state index contributed by atoms with van der Waals surface area (Å²) in [7, 11) is 0. The van der Waals surface area contributed by atoms with E-state index in [2.05, 4.69) is 154 Å². The van der Waals surface area contributed by atoms with Crippen LogP contribution >= 0.6 is 0 Å². The molecule has 1 atom stereocenters. The van der Waals surface area contributed by atoms with Crippen LogP contribution in [0.25, 0.3) is 22.5 Å². The van der Waals surface area contributed by atoms with Crippen molar-refractivity contribution in [2.24, 2.45) is 4.99 Å². The van der Waals surface area contributed by atoms with Crippen LogP contribution in [0.3, 0.4) is 0 Å². The van der Waals surface area contributed by atoms with E-state index >= 15 is 4.79 Å². The zero-order valence-corrected chi connectivity index (χ0v) is 29.0. The largest absolute Gasteiger partial charge is 0.289 e. The van der Waals surface area contributed by atoms with Crippen molar-refractivity contribution >= 4 is 11.7 Å². The van der Waals surface area contributed by atoms with Gasteiger partial charge in [0.25, 0.3) is 5.91 Å². The van der Waals surface area contributed by atoms with Crippen LogP contribution in [-0.4, -0.2) is 42.8 Å². The van der Waals surface area contributed by atoms with E-state index < -0.39 is 17.0 Å². The zero-order chi connectivity index (χ0) is 34.7. The third-order valence-electron chi connectivity index (χ3n) is 10.8. The summed E-state index contributed by atoms with van der Waals surface area (Å²) in [6.45, 7) is 2.21. The second-order valence-corrected chi connectivity index (χ2v) is 13.8. The SMILES string of the molecule is CCCCC1=NC2(CCCC2)C(=O)N1[C@H](c1ccc(-c2ccccc2-c2nn[nH]n2)cc1)C(c1ccccc1)(c1ccccc1)c1ccccc1. The molecule has 1 saturated carbocycles. The number of H-pyrrole nitrogens is 1. The molecule has 7 nitrogen and oxygen atoms in total. The van der Waals surface area contributed by atoms with Crippen LogP contribution in [0, 0.1) is 0 Å². The van der Waals surface area contributed by atoms with E-state index in [0.717, 1.165) is 89.7 Å². The number of hydrogen-bond acceptors (Lipinski definition) is 5. The van der Waals surface area contributed by atoms with Gasteiger partial charge in [-0.15, -0.1) is 10.2 Å². The van der Waals surface area contributed by atoms with Gasteiger partial charge in [0.05, 0.1) is 11.5 Å². The van der Waals surface area contributed by atoms with Crippen LogP contribution in [0.2, 0.25) is 0 Å². The summed E-state index contributed by atoms with van der Waals surface area (Å²) >= 11 is 0. The van der Waals surface area contributed by atoms with Crippen LogP contribution in [-0.2, 0) is 10.2 Å². The first-order valence-electron chi connectivity index (χ1n) is 18.2. The van der Waals surface area contributed by atoms with Crippen molar-refractivity contribution in [1.82, 2.24) is 25.5 Å². The molecule has 0 saturated heterocycles. The maximum absolute atomic E-state index is 15.3. The fraction of sp³-hybridized carbons (Fsp3) is 0.250. The predicted octanol–water partition coefficient (Wildman–Crippen LogP) is 9.35. The molecule has 254 valence electrons. The fourth-order valence-electron chi connectivity index (χ4n) is 8.47. The van der Waals surface area contributed by atoms with E-state index in [0.29, 0.717) is 5.82 Å². The van der Waals surface area contributed by atoms with Crippen molar-refractivity contribution in [2.75, 3.05) is 0 Å². The number of carbonyl (C=O) groups is 1. The number of tetrazole rings is 1. The smallest absolute Gasteiger partial charge is 0.256 e. The molecule has 2 aliphatic rings. The lowest BCUT2D eigenvalue weighted by atomic mass is 9.62. The molecule has 0 unspecified atom stereocenters. The lowest BCUT2D eigenvalue weighted by Crippen LogP contribution is -2.51. The number of amides is 1. The number of aromatic amines is 1. The maximum Gasteiger partial charge on any atom is 0.256 e. The van der Waals surface area contributed by atoms with Crippen molar-refractivity contribution in [1.29, 1.82) is 0 Å². The summed E-state index contributed by atoms with van der Waals surface area (Å²) < 4.78 is 0. The highest BCUT2D eigenvalue weighted by Gasteiger charge is 2.57. The average molecular weight is 671 g/mol. The van der Waals surface area contributed by atoms with Gasteiger partial charge in [0.2, 0.25) is 5.82 Å². The fourth-order valence-corrected chi connectivity index (χ4v) is 8.47. The van der Waals surface area contributed by atoms with Gasteiger partial charge in [0, 0.05) is 12.0 Å². The highest BCUT2D eigenvalue weighted by Crippen LogP contribution is 2.54. The lowest BCUT2D eigenvalue weighted by Gasteiger charge is -2.47. The molecule has 1 amide bonds. The van der Waals surface area contributed by atoms with Crippen LogP contribution in [0.5, 0.6) is 0 Å². The number of nitrogens with one attached hydrogen (secondary N) is 1. The maximum atomic E-state index is 15.3. The lowest BCUT2D eigenvalue weighted by molar-refractivity contribution is -0.133. The molecule has 2 heterocycles. The van der Waals surface area contributed by atoms with Crippen molar-refractivity contribution in [2.45, 2.75) is 68.9 Å². The number of carbonyl (C=O) groups excluding carboxylic acids is 1. The second kappa shape index (κ2) is 13.9. The number of nitrogens with zero attached hydrogens (tertiary/aromatic N) is 5. The molecular weight excluding hydrogens is 629 g/mol. The molecule has 0 radical (unpaired) electrons. The van der Waals surface area contributed by atoms with Gasteiger partial charge in [-0.1, -0.05) is 166 Å². The molecule has 51 heavy (non-hydrogen) atoms. The molecule has 5 aromatic carbocycles. The summed E-state index contributed by atoms with van der Waals surface area (Å²) in [5.41, 5.74) is 5.87. The Hall–Kier alpha value is -5.69. The summed E-state index contributed by atoms with van der Waals surface area (Å²) in [5, 5.41) is 14.9. The first kappa shape index (κ1) is 32.5.